The van der Waals surface area contributed by atoms with E-state index in [-0.39, 0.29) is 5.11 Å². The summed E-state index contributed by atoms with van der Waals surface area (Å²) < 4.78 is 0. The summed E-state index contributed by atoms with van der Waals surface area (Å²) in [5.41, 5.74) is 0. The number of unbranched alkanes of at least 4 members (excludes halogenated alkanes) is 1. The number of rotatable bonds is 4. The molecular formula is C9H13N3O2S. The molecule has 1 heterocycles. The number of hydrogen-bond donors (Lipinski definition) is 2. The van der Waals surface area contributed by atoms with Gasteiger partial charge in [-0.05, 0) is 18.6 Å². The van der Waals surface area contributed by atoms with E-state index < -0.39 is 17.7 Å². The summed E-state index contributed by atoms with van der Waals surface area (Å²) in [6, 6.07) is 0. The van der Waals surface area contributed by atoms with Gasteiger partial charge in [-0.2, -0.15) is 0 Å². The standard InChI is InChI=1S/C9H13N3O2S/c1-2-3-4-10-5-6-7(13)11-9(15)12-8(6)14/h5-6H,2-4H2,1H3,(H2,11,12,13,14,15). The molecule has 0 saturated carbocycles. The SMILES string of the molecule is CCCCN=CC1C(=O)NC(=S)NC1=O. The van der Waals surface area contributed by atoms with Gasteiger partial charge < -0.3 is 10.6 Å². The Morgan fingerprint density at radius 3 is 2.53 bits per heavy atom. The normalized spacial score (nSPS) is 18.1. The zero-order chi connectivity index (χ0) is 11.3. The Morgan fingerprint density at radius 2 is 2.00 bits per heavy atom. The van der Waals surface area contributed by atoms with E-state index in [1.807, 2.05) is 6.92 Å². The molecule has 6 heteroatoms. The zero-order valence-corrected chi connectivity index (χ0v) is 9.26. The highest BCUT2D eigenvalue weighted by molar-refractivity contribution is 7.80. The van der Waals surface area contributed by atoms with Crippen LogP contribution in [0.2, 0.25) is 0 Å². The van der Waals surface area contributed by atoms with Gasteiger partial charge in [-0.15, -0.1) is 0 Å². The van der Waals surface area contributed by atoms with E-state index in [1.165, 1.54) is 6.21 Å². The minimum Gasteiger partial charge on any atom is -0.302 e. The van der Waals surface area contributed by atoms with E-state index in [2.05, 4.69) is 27.8 Å². The van der Waals surface area contributed by atoms with Gasteiger partial charge >= 0.3 is 0 Å². The molecule has 0 aromatic heterocycles. The molecule has 1 fully saturated rings. The largest absolute Gasteiger partial charge is 0.302 e. The Bertz CT molecular complexity index is 294. The van der Waals surface area contributed by atoms with E-state index in [1.54, 1.807) is 0 Å². The van der Waals surface area contributed by atoms with Gasteiger partial charge in [-0.3, -0.25) is 14.6 Å². The molecule has 0 aliphatic carbocycles. The highest BCUT2D eigenvalue weighted by Gasteiger charge is 2.30. The van der Waals surface area contributed by atoms with Crippen molar-refractivity contribution in [1.82, 2.24) is 10.6 Å². The fraction of sp³-hybridized carbons (Fsp3) is 0.556. The molecule has 1 aliphatic rings. The van der Waals surface area contributed by atoms with E-state index in [4.69, 9.17) is 0 Å². The maximum Gasteiger partial charge on any atom is 0.244 e. The van der Waals surface area contributed by atoms with Gasteiger partial charge in [-0.1, -0.05) is 13.3 Å². The molecule has 0 spiro atoms. The molecule has 0 unspecified atom stereocenters. The minimum absolute atomic E-state index is 0.0585. The molecule has 0 aromatic rings. The summed E-state index contributed by atoms with van der Waals surface area (Å²) in [6.45, 7) is 2.69. The van der Waals surface area contributed by atoms with Crippen LogP contribution in [0, 0.1) is 5.92 Å². The molecule has 2 amide bonds. The topological polar surface area (TPSA) is 70.6 Å². The van der Waals surface area contributed by atoms with Crippen molar-refractivity contribution in [1.29, 1.82) is 0 Å². The van der Waals surface area contributed by atoms with Crippen LogP contribution in [0.5, 0.6) is 0 Å². The van der Waals surface area contributed by atoms with Gasteiger partial charge in [0.05, 0.1) is 0 Å². The summed E-state index contributed by atoms with van der Waals surface area (Å²) in [6.07, 6.45) is 3.36. The maximum atomic E-state index is 11.3. The number of amides is 2. The highest BCUT2D eigenvalue weighted by atomic mass is 32.1. The van der Waals surface area contributed by atoms with Crippen LogP contribution in [0.1, 0.15) is 19.8 Å². The van der Waals surface area contributed by atoms with Gasteiger partial charge in [-0.25, -0.2) is 0 Å². The van der Waals surface area contributed by atoms with Crippen molar-refractivity contribution >= 4 is 35.4 Å². The predicted molar refractivity (Wildman–Crippen MR) is 60.6 cm³/mol. The molecule has 15 heavy (non-hydrogen) atoms. The molecule has 1 saturated heterocycles. The van der Waals surface area contributed by atoms with Crippen molar-refractivity contribution in [2.75, 3.05) is 6.54 Å². The number of carbonyl (C=O) groups excluding carboxylic acids is 2. The number of thiocarbonyl (C=S) groups is 1. The van der Waals surface area contributed by atoms with Crippen molar-refractivity contribution in [3.8, 4) is 0 Å². The number of aliphatic imine (C=N–C) groups is 1. The molecule has 0 radical (unpaired) electrons. The van der Waals surface area contributed by atoms with Crippen molar-refractivity contribution in [2.45, 2.75) is 19.8 Å². The summed E-state index contributed by atoms with van der Waals surface area (Å²) in [5.74, 6) is -1.68. The molecule has 1 rings (SSSR count). The van der Waals surface area contributed by atoms with Crippen LogP contribution >= 0.6 is 12.2 Å². The number of hydrogen-bond acceptors (Lipinski definition) is 4. The molecule has 0 aromatic carbocycles. The third-order valence-electron chi connectivity index (χ3n) is 1.93. The van der Waals surface area contributed by atoms with Crippen molar-refractivity contribution < 1.29 is 9.59 Å². The molecule has 1 aliphatic heterocycles. The van der Waals surface area contributed by atoms with Crippen LogP contribution in [-0.2, 0) is 9.59 Å². The molecule has 82 valence electrons. The third-order valence-corrected chi connectivity index (χ3v) is 2.14. The predicted octanol–water partition coefficient (Wildman–Crippen LogP) is 0.00440. The van der Waals surface area contributed by atoms with Crippen molar-refractivity contribution in [3.63, 3.8) is 0 Å². The number of carbonyl (C=O) groups is 2. The van der Waals surface area contributed by atoms with E-state index in [9.17, 15) is 9.59 Å². The van der Waals surface area contributed by atoms with E-state index in [0.29, 0.717) is 6.54 Å². The monoisotopic (exact) mass is 227 g/mol. The second kappa shape index (κ2) is 5.55. The zero-order valence-electron chi connectivity index (χ0n) is 8.45. The first-order valence-electron chi connectivity index (χ1n) is 4.80. The van der Waals surface area contributed by atoms with Gasteiger partial charge in [0, 0.05) is 12.8 Å². The average Bonchev–Trinajstić information content (AvgIpc) is 2.15. The molecule has 0 atom stereocenters. The lowest BCUT2D eigenvalue weighted by atomic mass is 10.1. The summed E-state index contributed by atoms with van der Waals surface area (Å²) >= 11 is 4.66. The van der Waals surface area contributed by atoms with Crippen LogP contribution in [0.25, 0.3) is 0 Å². The van der Waals surface area contributed by atoms with Crippen LogP contribution in [-0.4, -0.2) is 29.7 Å². The van der Waals surface area contributed by atoms with E-state index in [0.717, 1.165) is 12.8 Å². The quantitative estimate of drug-likeness (QED) is 0.307. The van der Waals surface area contributed by atoms with Crippen molar-refractivity contribution in [3.05, 3.63) is 0 Å². The molecule has 2 N–H and O–H groups in total. The molecule has 0 bridgehead atoms. The first-order chi connectivity index (χ1) is 7.15. The smallest absolute Gasteiger partial charge is 0.244 e. The van der Waals surface area contributed by atoms with Gasteiger partial charge in [0.25, 0.3) is 0 Å². The minimum atomic E-state index is -0.853. The van der Waals surface area contributed by atoms with Gasteiger partial charge in [0.15, 0.2) is 11.0 Å². The Balaban J connectivity index is 2.53. The summed E-state index contributed by atoms with van der Waals surface area (Å²) in [4.78, 5) is 26.7. The Hall–Kier alpha value is -1.30. The highest BCUT2D eigenvalue weighted by Crippen LogP contribution is 1.99. The van der Waals surface area contributed by atoms with Crippen LogP contribution in [0.15, 0.2) is 4.99 Å². The maximum absolute atomic E-state index is 11.3. The van der Waals surface area contributed by atoms with Gasteiger partial charge in [0.1, 0.15) is 0 Å². The average molecular weight is 227 g/mol. The van der Waals surface area contributed by atoms with Crippen molar-refractivity contribution in [2.24, 2.45) is 10.9 Å². The fourth-order valence-electron chi connectivity index (χ4n) is 1.09. The Morgan fingerprint density at radius 1 is 1.40 bits per heavy atom. The Kier molecular flexibility index (Phi) is 4.36. The Labute approximate surface area is 93.3 Å². The second-order valence-corrected chi connectivity index (χ2v) is 3.60. The second-order valence-electron chi connectivity index (χ2n) is 3.19. The first kappa shape index (κ1) is 11.8. The lowest BCUT2D eigenvalue weighted by molar-refractivity contribution is -0.131. The lowest BCUT2D eigenvalue weighted by Crippen LogP contribution is -2.56. The summed E-state index contributed by atoms with van der Waals surface area (Å²) in [7, 11) is 0. The lowest BCUT2D eigenvalue weighted by Gasteiger charge is -2.19. The van der Waals surface area contributed by atoms with Gasteiger partial charge in [0.2, 0.25) is 11.8 Å². The number of nitrogens with one attached hydrogen (secondary N) is 2. The third kappa shape index (κ3) is 3.39. The van der Waals surface area contributed by atoms with E-state index >= 15 is 0 Å². The fourth-order valence-corrected chi connectivity index (χ4v) is 1.30. The van der Waals surface area contributed by atoms with Crippen LogP contribution < -0.4 is 10.6 Å². The first-order valence-corrected chi connectivity index (χ1v) is 5.21. The molecular weight excluding hydrogens is 214 g/mol. The molecule has 5 nitrogen and oxygen atoms in total. The van der Waals surface area contributed by atoms with Crippen LogP contribution in [0.4, 0.5) is 0 Å². The summed E-state index contributed by atoms with van der Waals surface area (Å²) in [5, 5.41) is 4.80. The number of nitrogens with zero attached hydrogens (tertiary/aromatic N) is 1. The van der Waals surface area contributed by atoms with Crippen LogP contribution in [0.3, 0.4) is 0 Å².